The molecule has 0 atom stereocenters. The average molecular weight is 673 g/mol. The van der Waals surface area contributed by atoms with Crippen LogP contribution < -0.4 is 16.0 Å². The molecule has 1 aromatic carbocycles. The molecule has 0 aliphatic carbocycles. The maximum Gasteiger partial charge on any atom is 0.352 e. The summed E-state index contributed by atoms with van der Waals surface area (Å²) in [7, 11) is 0. The second-order valence-electron chi connectivity index (χ2n) is 9.98. The summed E-state index contributed by atoms with van der Waals surface area (Å²) in [4.78, 5) is 159. The quantitative estimate of drug-likeness (QED) is 0.183. The fraction of sp³-hybridized carbons (Fsp3) is 0.333. The third-order valence-electron chi connectivity index (χ3n) is 6.50. The summed E-state index contributed by atoms with van der Waals surface area (Å²) in [5.74, 6) is -11.4. The number of rotatable bonds is 12. The van der Waals surface area contributed by atoms with Crippen molar-refractivity contribution < 1.29 is 72.0 Å². The van der Waals surface area contributed by atoms with Crippen molar-refractivity contribution >= 4 is 71.1 Å². The lowest BCUT2D eigenvalue weighted by Gasteiger charge is -2.14. The molecule has 0 unspecified atom stereocenters. The van der Waals surface area contributed by atoms with Gasteiger partial charge in [-0.25, -0.2) is 14.4 Å². The number of hydroxylamine groups is 6. The molecule has 3 aliphatic heterocycles. The molecule has 48 heavy (non-hydrogen) atoms. The van der Waals surface area contributed by atoms with E-state index in [1.54, 1.807) is 0 Å². The van der Waals surface area contributed by atoms with E-state index < -0.39 is 107 Å². The van der Waals surface area contributed by atoms with Gasteiger partial charge in [-0.3, -0.25) is 43.2 Å². The van der Waals surface area contributed by atoms with Crippen LogP contribution in [0.4, 0.5) is 0 Å². The van der Waals surface area contributed by atoms with Crippen molar-refractivity contribution in [2.75, 3.05) is 19.6 Å². The molecule has 3 saturated heterocycles. The molecule has 1 aromatic rings. The number of nitrogens with one attached hydrogen (secondary N) is 3. The molecule has 0 aromatic heterocycles. The van der Waals surface area contributed by atoms with E-state index >= 15 is 0 Å². The first-order chi connectivity index (χ1) is 22.7. The molecule has 21 heteroatoms. The van der Waals surface area contributed by atoms with Gasteiger partial charge in [-0.15, -0.1) is 15.2 Å². The van der Waals surface area contributed by atoms with E-state index in [0.717, 1.165) is 18.2 Å². The van der Waals surface area contributed by atoms with Crippen LogP contribution in [-0.4, -0.2) is 106 Å². The van der Waals surface area contributed by atoms with Crippen LogP contribution >= 0.6 is 0 Å². The number of nitrogens with zero attached hydrogens (tertiary/aromatic N) is 3. The number of carbonyl (C=O) groups excluding carboxylic acids is 12. The molecule has 0 saturated carbocycles. The van der Waals surface area contributed by atoms with Gasteiger partial charge in [0, 0.05) is 55.2 Å². The van der Waals surface area contributed by atoms with Crippen LogP contribution in [-0.2, 0) is 57.7 Å². The molecule has 9 amide bonds. The normalized spacial score (nSPS) is 15.9. The molecule has 21 nitrogen and oxygen atoms in total. The fourth-order valence-electron chi connectivity index (χ4n) is 4.16. The summed E-state index contributed by atoms with van der Waals surface area (Å²) in [5, 5.41) is 7.12. The highest BCUT2D eigenvalue weighted by atomic mass is 16.7. The van der Waals surface area contributed by atoms with E-state index in [9.17, 15) is 57.5 Å². The highest BCUT2D eigenvalue weighted by Gasteiger charge is 2.35. The lowest BCUT2D eigenvalue weighted by atomic mass is 10.0. The molecule has 3 heterocycles. The van der Waals surface area contributed by atoms with E-state index in [1.165, 1.54) is 0 Å². The second-order valence-corrected chi connectivity index (χ2v) is 9.98. The number of benzene rings is 1. The zero-order valence-corrected chi connectivity index (χ0v) is 24.6. The van der Waals surface area contributed by atoms with E-state index in [1.807, 2.05) is 0 Å². The Kier molecular flexibility index (Phi) is 10.5. The van der Waals surface area contributed by atoms with Crippen LogP contribution in [0, 0.1) is 0 Å². The van der Waals surface area contributed by atoms with Crippen LogP contribution in [0.15, 0.2) is 18.2 Å². The first kappa shape index (κ1) is 34.3. The molecule has 252 valence electrons. The van der Waals surface area contributed by atoms with Gasteiger partial charge in [0.2, 0.25) is 0 Å². The van der Waals surface area contributed by atoms with Crippen molar-refractivity contribution in [3.05, 3.63) is 34.9 Å². The first-order valence-corrected chi connectivity index (χ1v) is 13.9. The average Bonchev–Trinajstić information content (AvgIpc) is 3.67. The van der Waals surface area contributed by atoms with Gasteiger partial charge in [-0.2, -0.15) is 0 Å². The van der Waals surface area contributed by atoms with Crippen LogP contribution in [0.1, 0.15) is 69.6 Å². The topological polar surface area (TPSA) is 278 Å². The van der Waals surface area contributed by atoms with Gasteiger partial charge < -0.3 is 30.5 Å². The zero-order chi connectivity index (χ0) is 35.1. The Morgan fingerprint density at radius 2 is 0.646 bits per heavy atom. The third-order valence-corrected chi connectivity index (χ3v) is 6.50. The highest BCUT2D eigenvalue weighted by molar-refractivity contribution is 6.07. The largest absolute Gasteiger partial charge is 0.352 e. The van der Waals surface area contributed by atoms with E-state index in [2.05, 4.69) is 30.5 Å². The fourth-order valence-corrected chi connectivity index (χ4v) is 4.16. The Balaban J connectivity index is 1.44. The molecule has 0 spiro atoms. The molecule has 0 radical (unpaired) electrons. The van der Waals surface area contributed by atoms with Crippen LogP contribution in [0.5, 0.6) is 0 Å². The maximum absolute atomic E-state index is 12.9. The number of hydrogen-bond donors (Lipinski definition) is 3. The Bertz CT molecular complexity index is 1420. The zero-order valence-electron chi connectivity index (χ0n) is 24.6. The monoisotopic (exact) mass is 672 g/mol. The summed E-state index contributed by atoms with van der Waals surface area (Å²) < 4.78 is 0. The summed E-state index contributed by atoms with van der Waals surface area (Å²) in [5.41, 5.74) is -1.25. The third kappa shape index (κ3) is 8.38. The van der Waals surface area contributed by atoms with E-state index in [4.69, 9.17) is 0 Å². The Labute approximate surface area is 267 Å². The predicted molar refractivity (Wildman–Crippen MR) is 145 cm³/mol. The molecule has 3 aliphatic rings. The van der Waals surface area contributed by atoms with Crippen molar-refractivity contribution in [3.63, 3.8) is 0 Å². The van der Waals surface area contributed by atoms with Crippen molar-refractivity contribution in [2.24, 2.45) is 0 Å². The highest BCUT2D eigenvalue weighted by Crippen LogP contribution is 2.15. The van der Waals surface area contributed by atoms with Gasteiger partial charge in [0.15, 0.2) is 0 Å². The number of amides is 9. The molecule has 0 bridgehead atoms. The SMILES string of the molecule is O=C(CNC(=O)c1cc(C(=O)NCC(=O)ON2C(=O)CCC2=O)cc(C(=O)NCC(=O)ON2C(=O)CCC2=O)c1)ON1C(=O)CCC1=O. The maximum atomic E-state index is 12.9. The van der Waals surface area contributed by atoms with Gasteiger partial charge in [0.25, 0.3) is 53.2 Å². The Morgan fingerprint density at radius 1 is 0.438 bits per heavy atom. The smallest absolute Gasteiger partial charge is 0.341 e. The lowest BCUT2D eigenvalue weighted by Crippen LogP contribution is -2.39. The van der Waals surface area contributed by atoms with Crippen molar-refractivity contribution in [1.29, 1.82) is 0 Å². The first-order valence-electron chi connectivity index (χ1n) is 13.9. The number of carbonyl (C=O) groups is 12. The molecular weight excluding hydrogens is 648 g/mol. The van der Waals surface area contributed by atoms with Gasteiger partial charge in [0.05, 0.1) is 0 Å². The minimum absolute atomic E-state index is 0.170. The van der Waals surface area contributed by atoms with Crippen LogP contribution in [0.2, 0.25) is 0 Å². The Morgan fingerprint density at radius 3 is 0.854 bits per heavy atom. The summed E-state index contributed by atoms with van der Waals surface area (Å²) in [6.45, 7) is -2.60. The minimum atomic E-state index is -1.21. The van der Waals surface area contributed by atoms with Gasteiger partial charge in [0.1, 0.15) is 19.6 Å². The standard InChI is InChI=1S/C27H24N6O15/c34-16-1-2-17(35)31(16)46-22(40)10-28-25(43)13-7-14(26(44)29-11-23(41)47-32-18(36)3-4-19(32)37)9-15(8-13)27(45)30-12-24(42)48-33-20(38)5-6-21(33)39/h7-9H,1-6,10-12H2,(H,28,43)(H,29,44)(H,30,45). The summed E-state index contributed by atoms with van der Waals surface area (Å²) in [6.07, 6.45) is -1.02. The van der Waals surface area contributed by atoms with Gasteiger partial charge in [-0.1, -0.05) is 0 Å². The van der Waals surface area contributed by atoms with Crippen LogP contribution in [0.3, 0.4) is 0 Å². The van der Waals surface area contributed by atoms with Crippen LogP contribution in [0.25, 0.3) is 0 Å². The van der Waals surface area contributed by atoms with Crippen molar-refractivity contribution in [3.8, 4) is 0 Å². The minimum Gasteiger partial charge on any atom is -0.341 e. The molecule has 3 fully saturated rings. The van der Waals surface area contributed by atoms with Crippen molar-refractivity contribution in [1.82, 2.24) is 31.1 Å². The van der Waals surface area contributed by atoms with E-state index in [-0.39, 0.29) is 53.7 Å². The summed E-state index contributed by atoms with van der Waals surface area (Å²) >= 11 is 0. The van der Waals surface area contributed by atoms with E-state index in [0.29, 0.717) is 0 Å². The Hall–Kier alpha value is -6.54. The van der Waals surface area contributed by atoms with Gasteiger partial charge >= 0.3 is 17.9 Å². The molecule has 4 rings (SSSR count). The second kappa shape index (κ2) is 14.7. The molecule has 3 N–H and O–H groups in total. The number of imide groups is 3. The molecular formula is C27H24N6O15. The lowest BCUT2D eigenvalue weighted by molar-refractivity contribution is -0.196. The summed E-state index contributed by atoms with van der Waals surface area (Å²) in [6, 6.07) is 2.83. The predicted octanol–water partition coefficient (Wildman–Crippen LogP) is -3.30. The number of hydrogen-bond acceptors (Lipinski definition) is 15. The van der Waals surface area contributed by atoms with Crippen molar-refractivity contribution in [2.45, 2.75) is 38.5 Å². The van der Waals surface area contributed by atoms with Gasteiger partial charge in [-0.05, 0) is 18.2 Å².